The van der Waals surface area contributed by atoms with Crippen molar-refractivity contribution in [2.24, 2.45) is 4.99 Å². The smallest absolute Gasteiger partial charge is 0.191 e. The second-order valence-corrected chi connectivity index (χ2v) is 4.40. The Kier molecular flexibility index (Phi) is 16.0. The average Bonchev–Trinajstić information content (AvgIpc) is 2.34. The fourth-order valence-electron chi connectivity index (χ4n) is 1.68. The Labute approximate surface area is 135 Å². The van der Waals surface area contributed by atoms with Crippen LogP contribution in [0.4, 0.5) is 0 Å². The number of guanidine groups is 1. The van der Waals surface area contributed by atoms with Gasteiger partial charge in [-0.1, -0.05) is 6.92 Å². The molecule has 0 bridgehead atoms. The summed E-state index contributed by atoms with van der Waals surface area (Å²) in [6, 6.07) is 0.578. The standard InChI is InChI=1S/C13H30N4O.HI/c1-6-14-13(16-9-11-18-5)15-8-10-17(7-2)12(3)4;/h12H,6-11H2,1-5H3,(H2,14,15,16);1H. The van der Waals surface area contributed by atoms with Crippen molar-refractivity contribution in [3.63, 3.8) is 0 Å². The van der Waals surface area contributed by atoms with Crippen LogP contribution in [0, 0.1) is 0 Å². The van der Waals surface area contributed by atoms with Gasteiger partial charge in [-0.15, -0.1) is 24.0 Å². The molecule has 0 radical (unpaired) electrons. The third-order valence-corrected chi connectivity index (χ3v) is 2.74. The molecule has 0 heterocycles. The quantitative estimate of drug-likeness (QED) is 0.273. The minimum atomic E-state index is 0. The summed E-state index contributed by atoms with van der Waals surface area (Å²) < 4.78 is 5.01. The molecule has 0 saturated carbocycles. The van der Waals surface area contributed by atoms with Crippen molar-refractivity contribution in [3.05, 3.63) is 0 Å². The molecule has 0 fully saturated rings. The first-order valence-electron chi connectivity index (χ1n) is 6.90. The van der Waals surface area contributed by atoms with Crippen LogP contribution < -0.4 is 10.6 Å². The van der Waals surface area contributed by atoms with Gasteiger partial charge in [-0.3, -0.25) is 9.89 Å². The highest BCUT2D eigenvalue weighted by atomic mass is 127. The van der Waals surface area contributed by atoms with Gasteiger partial charge in [-0.2, -0.15) is 0 Å². The van der Waals surface area contributed by atoms with Crippen molar-refractivity contribution in [1.82, 2.24) is 15.5 Å². The molecule has 0 aliphatic carbocycles. The van der Waals surface area contributed by atoms with Gasteiger partial charge >= 0.3 is 0 Å². The maximum absolute atomic E-state index is 5.01. The van der Waals surface area contributed by atoms with Crippen LogP contribution in [0.1, 0.15) is 27.7 Å². The van der Waals surface area contributed by atoms with Crippen LogP contribution >= 0.6 is 24.0 Å². The van der Waals surface area contributed by atoms with Crippen LogP contribution in [-0.4, -0.2) is 63.3 Å². The monoisotopic (exact) mass is 386 g/mol. The largest absolute Gasteiger partial charge is 0.383 e. The molecule has 0 spiro atoms. The molecule has 5 nitrogen and oxygen atoms in total. The van der Waals surface area contributed by atoms with E-state index in [1.54, 1.807) is 7.11 Å². The molecule has 2 N–H and O–H groups in total. The van der Waals surface area contributed by atoms with Gasteiger partial charge < -0.3 is 15.4 Å². The predicted octanol–water partition coefficient (Wildman–Crippen LogP) is 1.54. The van der Waals surface area contributed by atoms with Crippen LogP contribution in [0.3, 0.4) is 0 Å². The number of nitrogens with one attached hydrogen (secondary N) is 2. The molecule has 0 aliphatic heterocycles. The highest BCUT2D eigenvalue weighted by molar-refractivity contribution is 14.0. The van der Waals surface area contributed by atoms with Crippen molar-refractivity contribution < 1.29 is 4.74 Å². The minimum absolute atomic E-state index is 0. The summed E-state index contributed by atoms with van der Waals surface area (Å²) in [6.45, 7) is 13.9. The van der Waals surface area contributed by atoms with E-state index < -0.39 is 0 Å². The molecule has 19 heavy (non-hydrogen) atoms. The number of hydrogen-bond donors (Lipinski definition) is 2. The van der Waals surface area contributed by atoms with Gasteiger partial charge in [-0.25, -0.2) is 0 Å². The molecule has 0 unspecified atom stereocenters. The summed E-state index contributed by atoms with van der Waals surface area (Å²) in [5.41, 5.74) is 0. The van der Waals surface area contributed by atoms with E-state index in [1.165, 1.54) is 0 Å². The first kappa shape index (κ1) is 21.2. The highest BCUT2D eigenvalue weighted by Crippen LogP contribution is 1.96. The van der Waals surface area contributed by atoms with E-state index in [4.69, 9.17) is 4.74 Å². The Balaban J connectivity index is 0. The van der Waals surface area contributed by atoms with Gasteiger partial charge in [0.1, 0.15) is 0 Å². The lowest BCUT2D eigenvalue weighted by Crippen LogP contribution is -2.40. The van der Waals surface area contributed by atoms with Gasteiger partial charge in [0.05, 0.1) is 13.2 Å². The maximum atomic E-state index is 5.01. The van der Waals surface area contributed by atoms with E-state index in [1.807, 2.05) is 0 Å². The molecular formula is C13H31IN4O. The van der Waals surface area contributed by atoms with Gasteiger partial charge in [0.15, 0.2) is 5.96 Å². The van der Waals surface area contributed by atoms with Gasteiger partial charge in [0, 0.05) is 32.8 Å². The molecule has 116 valence electrons. The fraction of sp³-hybridized carbons (Fsp3) is 0.923. The molecule has 0 atom stereocenters. The zero-order chi connectivity index (χ0) is 13.8. The Morgan fingerprint density at radius 2 is 1.95 bits per heavy atom. The normalized spacial score (nSPS) is 11.6. The van der Waals surface area contributed by atoms with Crippen molar-refractivity contribution >= 4 is 29.9 Å². The number of ether oxygens (including phenoxy) is 1. The van der Waals surface area contributed by atoms with Crippen LogP contribution in [0.5, 0.6) is 0 Å². The van der Waals surface area contributed by atoms with E-state index in [0.717, 1.165) is 38.7 Å². The molecule has 0 aliphatic rings. The lowest BCUT2D eigenvalue weighted by molar-refractivity contribution is 0.203. The van der Waals surface area contributed by atoms with Crippen LogP contribution in [-0.2, 0) is 4.74 Å². The molecule has 0 amide bonds. The Morgan fingerprint density at radius 3 is 2.42 bits per heavy atom. The zero-order valence-corrected chi connectivity index (χ0v) is 15.4. The van der Waals surface area contributed by atoms with Crippen LogP contribution in [0.25, 0.3) is 0 Å². The number of rotatable bonds is 9. The summed E-state index contributed by atoms with van der Waals surface area (Å²) in [5.74, 6) is 0.870. The van der Waals surface area contributed by atoms with E-state index in [0.29, 0.717) is 12.6 Å². The lowest BCUT2D eigenvalue weighted by Gasteiger charge is -2.23. The van der Waals surface area contributed by atoms with Crippen molar-refractivity contribution in [2.45, 2.75) is 33.7 Å². The molecule has 0 aromatic carbocycles. The summed E-state index contributed by atoms with van der Waals surface area (Å²) in [5, 5.41) is 6.47. The van der Waals surface area contributed by atoms with E-state index in [-0.39, 0.29) is 24.0 Å². The fourth-order valence-corrected chi connectivity index (χ4v) is 1.68. The first-order valence-corrected chi connectivity index (χ1v) is 6.90. The van der Waals surface area contributed by atoms with E-state index in [9.17, 15) is 0 Å². The van der Waals surface area contributed by atoms with Crippen LogP contribution in [0.2, 0.25) is 0 Å². The summed E-state index contributed by atoms with van der Waals surface area (Å²) in [7, 11) is 1.70. The van der Waals surface area contributed by atoms with Crippen LogP contribution in [0.15, 0.2) is 4.99 Å². The third-order valence-electron chi connectivity index (χ3n) is 2.74. The molecule has 0 aromatic heterocycles. The number of aliphatic imine (C=N–C) groups is 1. The second kappa shape index (κ2) is 14.3. The maximum Gasteiger partial charge on any atom is 0.191 e. The number of likely N-dealkylation sites (N-methyl/N-ethyl adjacent to an activating group) is 1. The number of halogens is 1. The lowest BCUT2D eigenvalue weighted by atomic mass is 10.3. The first-order chi connectivity index (χ1) is 8.65. The Hall–Kier alpha value is -0.0800. The predicted molar refractivity (Wildman–Crippen MR) is 93.7 cm³/mol. The number of nitrogens with zero attached hydrogens (tertiary/aromatic N) is 2. The molecular weight excluding hydrogens is 355 g/mol. The van der Waals surface area contributed by atoms with Gasteiger partial charge in [0.2, 0.25) is 0 Å². The molecule has 0 aromatic rings. The van der Waals surface area contributed by atoms with Crippen molar-refractivity contribution in [3.8, 4) is 0 Å². The molecule has 6 heteroatoms. The Bertz CT molecular complexity index is 225. The molecule has 0 rings (SSSR count). The van der Waals surface area contributed by atoms with Crippen molar-refractivity contribution in [1.29, 1.82) is 0 Å². The highest BCUT2D eigenvalue weighted by Gasteiger charge is 2.05. The van der Waals surface area contributed by atoms with Crippen molar-refractivity contribution in [2.75, 3.05) is 46.4 Å². The third kappa shape index (κ3) is 11.4. The van der Waals surface area contributed by atoms with Gasteiger partial charge in [-0.05, 0) is 27.3 Å². The van der Waals surface area contributed by atoms with E-state index >= 15 is 0 Å². The molecule has 0 saturated heterocycles. The summed E-state index contributed by atoms with van der Waals surface area (Å²) in [4.78, 5) is 6.96. The second-order valence-electron chi connectivity index (χ2n) is 4.40. The summed E-state index contributed by atoms with van der Waals surface area (Å²) in [6.07, 6.45) is 0. The minimum Gasteiger partial charge on any atom is -0.383 e. The SMILES string of the molecule is CCNC(=NCCN(CC)C(C)C)NCCOC.I. The zero-order valence-electron chi connectivity index (χ0n) is 13.0. The summed E-state index contributed by atoms with van der Waals surface area (Å²) >= 11 is 0. The number of hydrogen-bond acceptors (Lipinski definition) is 3. The van der Waals surface area contributed by atoms with E-state index in [2.05, 4.69) is 48.2 Å². The van der Waals surface area contributed by atoms with Gasteiger partial charge in [0.25, 0.3) is 0 Å². The number of methoxy groups -OCH3 is 1. The average molecular weight is 386 g/mol. The topological polar surface area (TPSA) is 48.9 Å². The Morgan fingerprint density at radius 1 is 1.26 bits per heavy atom.